The Bertz CT molecular complexity index is 364. The molecule has 0 aromatic rings. The van der Waals surface area contributed by atoms with Gasteiger partial charge in [0.25, 0.3) is 0 Å². The minimum atomic E-state index is 0.512. The van der Waals surface area contributed by atoms with Gasteiger partial charge < -0.3 is 0 Å². The molecule has 144 valence electrons. The lowest BCUT2D eigenvalue weighted by molar-refractivity contribution is 0.0456. The average Bonchev–Trinajstić information content (AvgIpc) is 3.19. The van der Waals surface area contributed by atoms with Crippen LogP contribution in [-0.4, -0.2) is 0 Å². The van der Waals surface area contributed by atoms with E-state index >= 15 is 0 Å². The van der Waals surface area contributed by atoms with E-state index < -0.39 is 0 Å². The Labute approximate surface area is 154 Å². The van der Waals surface area contributed by atoms with Gasteiger partial charge >= 0.3 is 0 Å². The molecular formula is C24H48. The third-order valence-electron chi connectivity index (χ3n) is 8.26. The molecule has 2 fully saturated rings. The van der Waals surface area contributed by atoms with Crippen molar-refractivity contribution in [2.75, 3.05) is 0 Å². The Hall–Kier alpha value is 0. The second-order valence-corrected chi connectivity index (χ2v) is 10.8. The average molecular weight is 337 g/mol. The normalized spacial score (nSPS) is 35.0. The molecule has 0 bridgehead atoms. The third-order valence-corrected chi connectivity index (χ3v) is 8.26. The van der Waals surface area contributed by atoms with Gasteiger partial charge in [-0.15, -0.1) is 0 Å². The molecule has 2 aliphatic carbocycles. The number of hydrogen-bond acceptors (Lipinski definition) is 0. The maximum Gasteiger partial charge on any atom is -0.0297 e. The standard InChI is InChI=1S/C22H42.C2H6/c1-9-22(8)15-19(22)14-16(2)21(6,7)18-12-10-17(11-13-18)20(3,4)5;1-2/h16-19H,9-15H2,1-8H3;1-2H3. The van der Waals surface area contributed by atoms with Crippen LogP contribution in [0.3, 0.4) is 0 Å². The highest BCUT2D eigenvalue weighted by Crippen LogP contribution is 2.59. The van der Waals surface area contributed by atoms with E-state index in [1.807, 2.05) is 13.8 Å². The van der Waals surface area contributed by atoms with Crippen molar-refractivity contribution < 1.29 is 0 Å². The highest BCUT2D eigenvalue weighted by atomic mass is 14.5. The van der Waals surface area contributed by atoms with Crippen LogP contribution in [0.25, 0.3) is 0 Å². The van der Waals surface area contributed by atoms with E-state index in [0.717, 1.165) is 23.7 Å². The fourth-order valence-electron chi connectivity index (χ4n) is 5.14. The van der Waals surface area contributed by atoms with Crippen molar-refractivity contribution in [1.29, 1.82) is 0 Å². The van der Waals surface area contributed by atoms with Gasteiger partial charge in [0.05, 0.1) is 0 Å². The number of hydrogen-bond donors (Lipinski definition) is 0. The fraction of sp³-hybridized carbons (Fsp3) is 1.00. The molecule has 2 saturated carbocycles. The van der Waals surface area contributed by atoms with E-state index in [0.29, 0.717) is 16.2 Å². The Morgan fingerprint density at radius 1 is 0.917 bits per heavy atom. The molecule has 2 rings (SSSR count). The lowest BCUT2D eigenvalue weighted by Crippen LogP contribution is -2.36. The van der Waals surface area contributed by atoms with Crippen LogP contribution in [0.5, 0.6) is 0 Å². The van der Waals surface area contributed by atoms with Crippen molar-refractivity contribution >= 4 is 0 Å². The summed E-state index contributed by atoms with van der Waals surface area (Å²) in [4.78, 5) is 0. The second-order valence-electron chi connectivity index (χ2n) is 10.8. The zero-order valence-electron chi connectivity index (χ0n) is 18.8. The van der Waals surface area contributed by atoms with Crippen molar-refractivity contribution in [1.82, 2.24) is 0 Å². The third kappa shape index (κ3) is 5.01. The Morgan fingerprint density at radius 2 is 1.38 bits per heavy atom. The zero-order chi connectivity index (χ0) is 18.8. The van der Waals surface area contributed by atoms with Crippen molar-refractivity contribution in [3.05, 3.63) is 0 Å². The first-order valence-corrected chi connectivity index (χ1v) is 11.0. The summed E-state index contributed by atoms with van der Waals surface area (Å²) in [7, 11) is 0. The molecular weight excluding hydrogens is 288 g/mol. The molecule has 2 aliphatic rings. The van der Waals surface area contributed by atoms with Crippen LogP contribution in [0.2, 0.25) is 0 Å². The van der Waals surface area contributed by atoms with Crippen LogP contribution in [0.1, 0.15) is 114 Å². The van der Waals surface area contributed by atoms with Gasteiger partial charge in [-0.25, -0.2) is 0 Å². The summed E-state index contributed by atoms with van der Waals surface area (Å²) in [5, 5.41) is 0. The van der Waals surface area contributed by atoms with E-state index in [1.54, 1.807) is 0 Å². The van der Waals surface area contributed by atoms with Gasteiger partial charge in [0.15, 0.2) is 0 Å². The lowest BCUT2D eigenvalue weighted by Gasteiger charge is -2.46. The summed E-state index contributed by atoms with van der Waals surface area (Å²) in [5.41, 5.74) is 1.73. The largest absolute Gasteiger partial charge is 0.0683 e. The van der Waals surface area contributed by atoms with Crippen LogP contribution >= 0.6 is 0 Å². The van der Waals surface area contributed by atoms with E-state index in [4.69, 9.17) is 0 Å². The van der Waals surface area contributed by atoms with Gasteiger partial charge in [-0.2, -0.15) is 0 Å². The number of rotatable bonds is 5. The van der Waals surface area contributed by atoms with Gasteiger partial charge in [0, 0.05) is 0 Å². The topological polar surface area (TPSA) is 0 Å². The van der Waals surface area contributed by atoms with Gasteiger partial charge in [0.2, 0.25) is 0 Å². The molecule has 0 nitrogen and oxygen atoms in total. The first kappa shape index (κ1) is 22.0. The van der Waals surface area contributed by atoms with Crippen molar-refractivity contribution in [3.63, 3.8) is 0 Å². The Morgan fingerprint density at radius 3 is 1.75 bits per heavy atom. The monoisotopic (exact) mass is 336 g/mol. The molecule has 0 aromatic carbocycles. The van der Waals surface area contributed by atoms with Crippen LogP contribution in [-0.2, 0) is 0 Å². The zero-order valence-corrected chi connectivity index (χ0v) is 18.8. The molecule has 0 heteroatoms. The molecule has 0 radical (unpaired) electrons. The van der Waals surface area contributed by atoms with E-state index in [1.165, 1.54) is 44.9 Å². The maximum atomic E-state index is 2.57. The maximum absolute atomic E-state index is 2.57. The molecule has 0 spiro atoms. The fourth-order valence-corrected chi connectivity index (χ4v) is 5.14. The van der Waals surface area contributed by atoms with E-state index in [9.17, 15) is 0 Å². The predicted molar refractivity (Wildman–Crippen MR) is 110 cm³/mol. The quantitative estimate of drug-likeness (QED) is 0.473. The molecule has 3 unspecified atom stereocenters. The predicted octanol–water partition coefficient (Wildman–Crippen LogP) is 8.35. The molecule has 0 N–H and O–H groups in total. The molecule has 0 aromatic heterocycles. The summed E-state index contributed by atoms with van der Waals surface area (Å²) in [6, 6.07) is 0. The van der Waals surface area contributed by atoms with Gasteiger partial charge in [-0.1, -0.05) is 75.7 Å². The highest BCUT2D eigenvalue weighted by Gasteiger charge is 2.50. The summed E-state index contributed by atoms with van der Waals surface area (Å²) >= 11 is 0. The minimum Gasteiger partial charge on any atom is -0.0683 e. The Balaban J connectivity index is 0.00000139. The molecule has 0 saturated heterocycles. The first-order valence-electron chi connectivity index (χ1n) is 11.0. The molecule has 0 amide bonds. The summed E-state index contributed by atoms with van der Waals surface area (Å²) in [6.07, 6.45) is 10.2. The van der Waals surface area contributed by atoms with E-state index in [2.05, 4.69) is 55.4 Å². The van der Waals surface area contributed by atoms with E-state index in [-0.39, 0.29) is 0 Å². The van der Waals surface area contributed by atoms with Gasteiger partial charge in [-0.05, 0) is 78.4 Å². The highest BCUT2D eigenvalue weighted by molar-refractivity contribution is 5.00. The first-order chi connectivity index (χ1) is 11.0. The van der Waals surface area contributed by atoms with Crippen LogP contribution < -0.4 is 0 Å². The molecule has 24 heavy (non-hydrogen) atoms. The van der Waals surface area contributed by atoms with Crippen molar-refractivity contribution in [2.24, 2.45) is 39.9 Å². The molecule has 0 heterocycles. The van der Waals surface area contributed by atoms with Crippen LogP contribution in [0, 0.1) is 39.9 Å². The second kappa shape index (κ2) is 8.13. The van der Waals surface area contributed by atoms with Gasteiger partial charge in [-0.3, -0.25) is 0 Å². The summed E-state index contributed by atoms with van der Waals surface area (Å²) in [6.45, 7) is 23.9. The van der Waals surface area contributed by atoms with Gasteiger partial charge in [0.1, 0.15) is 0 Å². The summed E-state index contributed by atoms with van der Waals surface area (Å²) < 4.78 is 0. The summed E-state index contributed by atoms with van der Waals surface area (Å²) in [5.74, 6) is 3.79. The SMILES string of the molecule is CC.CCC1(C)CC1CC(C)C(C)(C)C1CCC(C(C)(C)C)CC1. The minimum absolute atomic E-state index is 0.512. The molecule has 3 atom stereocenters. The Kier molecular flexibility index (Phi) is 7.47. The van der Waals surface area contributed by atoms with Crippen molar-refractivity contribution in [3.8, 4) is 0 Å². The van der Waals surface area contributed by atoms with Crippen LogP contribution in [0.15, 0.2) is 0 Å². The van der Waals surface area contributed by atoms with Crippen LogP contribution in [0.4, 0.5) is 0 Å². The molecule has 0 aliphatic heterocycles. The smallest absolute Gasteiger partial charge is 0.0297 e. The van der Waals surface area contributed by atoms with Crippen molar-refractivity contribution in [2.45, 2.75) is 114 Å². The lowest BCUT2D eigenvalue weighted by atomic mass is 9.60.